The fraction of sp³-hybridized carbons (Fsp3) is 0.545. The predicted molar refractivity (Wildman–Crippen MR) is 118 cm³/mol. The van der Waals surface area contributed by atoms with Gasteiger partial charge in [0, 0.05) is 12.1 Å². The average molecular weight is 433 g/mol. The van der Waals surface area contributed by atoms with Crippen LogP contribution in [0.4, 0.5) is 4.79 Å². The van der Waals surface area contributed by atoms with Crippen LogP contribution in [0, 0.1) is 0 Å². The highest BCUT2D eigenvalue weighted by Crippen LogP contribution is 2.39. The Morgan fingerprint density at radius 3 is 2.26 bits per heavy atom. The van der Waals surface area contributed by atoms with Crippen LogP contribution < -0.4 is 10.1 Å². The molecule has 31 heavy (non-hydrogen) atoms. The van der Waals surface area contributed by atoms with Crippen LogP contribution in [0.1, 0.15) is 54.0 Å². The van der Waals surface area contributed by atoms with Crippen LogP contribution >= 0.6 is 0 Å². The molecular weight excluding hydrogens is 401 g/mol. The number of nitrogens with one attached hydrogen (secondary N) is 1. The topological polar surface area (TPSA) is 103 Å². The molecule has 0 aliphatic carbocycles. The van der Waals surface area contributed by atoms with E-state index in [-0.39, 0.29) is 6.54 Å². The van der Waals surface area contributed by atoms with Gasteiger partial charge in [0.05, 0.1) is 11.2 Å². The zero-order valence-electron chi connectivity index (χ0n) is 19.3. The van der Waals surface area contributed by atoms with Gasteiger partial charge in [-0.05, 0) is 60.0 Å². The number of aliphatic carboxylic acids is 1. The molecule has 0 unspecified atom stereocenters. The van der Waals surface area contributed by atoms with Crippen molar-refractivity contribution < 1.29 is 33.5 Å². The molecule has 170 valence electrons. The van der Waals surface area contributed by atoms with Crippen molar-refractivity contribution in [1.82, 2.24) is 5.32 Å². The van der Waals surface area contributed by atoms with E-state index in [1.165, 1.54) is 0 Å². The van der Waals surface area contributed by atoms with Crippen LogP contribution in [-0.4, -0.2) is 54.2 Å². The van der Waals surface area contributed by atoms with Crippen molar-refractivity contribution in [2.75, 3.05) is 13.2 Å². The van der Waals surface area contributed by atoms with Crippen molar-refractivity contribution in [2.45, 2.75) is 65.3 Å². The minimum atomic E-state index is -1.07. The van der Waals surface area contributed by atoms with E-state index in [0.29, 0.717) is 16.8 Å². The van der Waals surface area contributed by atoms with Crippen LogP contribution in [0.2, 0.25) is 0 Å². The molecule has 1 amide bonds. The van der Waals surface area contributed by atoms with Crippen molar-refractivity contribution in [3.63, 3.8) is 0 Å². The highest BCUT2D eigenvalue weighted by atomic mass is 16.7. The van der Waals surface area contributed by atoms with Gasteiger partial charge in [-0.15, -0.1) is 0 Å². The van der Waals surface area contributed by atoms with Gasteiger partial charge in [-0.2, -0.15) is 0 Å². The standard InChI is InChI=1S/C22H32BNO7/c1-20(2,3)29-19(27)24-13-16(23-30-21(4,5)22(6,7)31-23)12-15-10-8-9-11-17(15)28-14-18(25)26/h8-12H,13-14H2,1-7H3,(H,24,27)(H,25,26). The van der Waals surface area contributed by atoms with Crippen molar-refractivity contribution >= 4 is 25.3 Å². The van der Waals surface area contributed by atoms with E-state index in [1.54, 1.807) is 45.0 Å². The van der Waals surface area contributed by atoms with E-state index >= 15 is 0 Å². The number of carboxylic acid groups (broad SMARTS) is 1. The van der Waals surface area contributed by atoms with Crippen molar-refractivity contribution in [3.05, 3.63) is 35.3 Å². The number of carbonyl (C=O) groups excluding carboxylic acids is 1. The first-order valence-electron chi connectivity index (χ1n) is 10.2. The lowest BCUT2D eigenvalue weighted by Gasteiger charge is -2.32. The number of hydrogen-bond donors (Lipinski definition) is 2. The molecule has 0 spiro atoms. The number of carboxylic acids is 1. The summed E-state index contributed by atoms with van der Waals surface area (Å²) in [5.74, 6) is -0.673. The van der Waals surface area contributed by atoms with Crippen LogP contribution in [0.15, 0.2) is 29.7 Å². The Labute approximate surface area is 184 Å². The molecule has 1 aromatic rings. The Bertz CT molecular complexity index is 827. The fourth-order valence-corrected chi connectivity index (χ4v) is 2.76. The number of carbonyl (C=O) groups is 2. The van der Waals surface area contributed by atoms with Gasteiger partial charge in [0.1, 0.15) is 11.4 Å². The second-order valence-corrected chi connectivity index (χ2v) is 9.38. The molecule has 8 nitrogen and oxygen atoms in total. The molecule has 9 heteroatoms. The third-order valence-corrected chi connectivity index (χ3v) is 5.00. The quantitative estimate of drug-likeness (QED) is 0.632. The number of ether oxygens (including phenoxy) is 2. The van der Waals surface area contributed by atoms with Gasteiger partial charge in [-0.25, -0.2) is 9.59 Å². The second kappa shape index (κ2) is 9.32. The van der Waals surface area contributed by atoms with E-state index < -0.39 is 42.6 Å². The maximum Gasteiger partial charge on any atom is 0.492 e. The van der Waals surface area contributed by atoms with Gasteiger partial charge in [0.25, 0.3) is 0 Å². The molecule has 1 fully saturated rings. The number of benzene rings is 1. The van der Waals surface area contributed by atoms with Crippen LogP contribution in [0.5, 0.6) is 5.75 Å². The third kappa shape index (κ3) is 7.00. The molecule has 0 aromatic heterocycles. The zero-order valence-corrected chi connectivity index (χ0v) is 19.3. The number of rotatable bonds is 7. The summed E-state index contributed by atoms with van der Waals surface area (Å²) >= 11 is 0. The number of amides is 1. The smallest absolute Gasteiger partial charge is 0.481 e. The summed E-state index contributed by atoms with van der Waals surface area (Å²) in [6, 6.07) is 7.03. The van der Waals surface area contributed by atoms with E-state index in [4.69, 9.17) is 23.9 Å². The Kier molecular flexibility index (Phi) is 7.44. The maximum absolute atomic E-state index is 12.2. The SMILES string of the molecule is CC(C)(C)OC(=O)NCC(=Cc1ccccc1OCC(=O)O)B1OC(C)(C)C(C)(C)O1. The predicted octanol–water partition coefficient (Wildman–Crippen LogP) is 3.69. The molecule has 0 radical (unpaired) electrons. The van der Waals surface area contributed by atoms with E-state index in [1.807, 2.05) is 33.8 Å². The molecule has 2 rings (SSSR count). The van der Waals surface area contributed by atoms with Crippen molar-refractivity contribution in [1.29, 1.82) is 0 Å². The van der Waals surface area contributed by atoms with Crippen molar-refractivity contribution in [3.8, 4) is 5.75 Å². The normalized spacial score (nSPS) is 17.9. The second-order valence-electron chi connectivity index (χ2n) is 9.38. The van der Waals surface area contributed by atoms with Gasteiger partial charge >= 0.3 is 19.2 Å². The number of hydrogen-bond acceptors (Lipinski definition) is 6. The summed E-state index contributed by atoms with van der Waals surface area (Å²) in [7, 11) is -0.715. The van der Waals surface area contributed by atoms with Gasteiger partial charge in [-0.3, -0.25) is 0 Å². The molecular formula is C22H32BNO7. The molecule has 1 saturated heterocycles. The highest BCUT2D eigenvalue weighted by Gasteiger charge is 2.52. The zero-order chi connectivity index (χ0) is 23.4. The first kappa shape index (κ1) is 24.8. The van der Waals surface area contributed by atoms with Crippen LogP contribution in [0.3, 0.4) is 0 Å². The maximum atomic E-state index is 12.2. The number of para-hydroxylation sites is 1. The molecule has 0 atom stereocenters. The van der Waals surface area contributed by atoms with E-state index in [9.17, 15) is 9.59 Å². The molecule has 2 N–H and O–H groups in total. The van der Waals surface area contributed by atoms with Crippen LogP contribution in [-0.2, 0) is 18.8 Å². The molecule has 0 saturated carbocycles. The van der Waals surface area contributed by atoms with Crippen LogP contribution in [0.25, 0.3) is 6.08 Å². The lowest BCUT2D eigenvalue weighted by molar-refractivity contribution is -0.139. The Balaban J connectivity index is 2.32. The summed E-state index contributed by atoms with van der Waals surface area (Å²) in [6.45, 7) is 12.8. The molecule has 1 aliphatic rings. The summed E-state index contributed by atoms with van der Waals surface area (Å²) < 4.78 is 23.0. The monoisotopic (exact) mass is 433 g/mol. The van der Waals surface area contributed by atoms with Gasteiger partial charge in [0.15, 0.2) is 6.61 Å². The lowest BCUT2D eigenvalue weighted by atomic mass is 9.77. The first-order chi connectivity index (χ1) is 14.2. The Hall–Kier alpha value is -2.52. The minimum absolute atomic E-state index is 0.110. The van der Waals surface area contributed by atoms with Gasteiger partial charge in [0.2, 0.25) is 0 Å². The van der Waals surface area contributed by atoms with E-state index in [2.05, 4.69) is 5.32 Å². The fourth-order valence-electron chi connectivity index (χ4n) is 2.76. The third-order valence-electron chi connectivity index (χ3n) is 5.00. The minimum Gasteiger partial charge on any atom is -0.481 e. The Morgan fingerprint density at radius 1 is 1.13 bits per heavy atom. The van der Waals surface area contributed by atoms with Gasteiger partial charge < -0.3 is 29.2 Å². The average Bonchev–Trinajstić information content (AvgIpc) is 2.83. The lowest BCUT2D eigenvalue weighted by Crippen LogP contribution is -2.41. The highest BCUT2D eigenvalue weighted by molar-refractivity contribution is 6.56. The van der Waals surface area contributed by atoms with Gasteiger partial charge in [-0.1, -0.05) is 24.3 Å². The summed E-state index contributed by atoms with van der Waals surface area (Å²) in [5, 5.41) is 11.7. The molecule has 1 heterocycles. The summed E-state index contributed by atoms with van der Waals surface area (Å²) in [4.78, 5) is 23.1. The summed E-state index contributed by atoms with van der Waals surface area (Å²) in [5.41, 5.74) is -0.491. The van der Waals surface area contributed by atoms with Crippen molar-refractivity contribution in [2.24, 2.45) is 0 Å². The molecule has 1 aromatic carbocycles. The largest absolute Gasteiger partial charge is 0.492 e. The van der Waals surface area contributed by atoms with E-state index in [0.717, 1.165) is 0 Å². The summed E-state index contributed by atoms with van der Waals surface area (Å²) in [6.07, 6.45) is 1.21. The first-order valence-corrected chi connectivity index (χ1v) is 10.2. The molecule has 0 bridgehead atoms. The Morgan fingerprint density at radius 2 is 1.71 bits per heavy atom. The molecule has 1 aliphatic heterocycles. The number of alkyl carbamates (subject to hydrolysis) is 1.